The van der Waals surface area contributed by atoms with Crippen molar-refractivity contribution >= 4 is 89.6 Å². The highest BCUT2D eigenvalue weighted by atomic mass is 35.5. The second-order valence-corrected chi connectivity index (χ2v) is 29.6. The van der Waals surface area contributed by atoms with Crippen LogP contribution in [0.1, 0.15) is 72.2 Å². The topological polar surface area (TPSA) is 95.8 Å². The van der Waals surface area contributed by atoms with E-state index in [-0.39, 0.29) is 23.6 Å². The van der Waals surface area contributed by atoms with Gasteiger partial charge in [0, 0.05) is 27.8 Å². The summed E-state index contributed by atoms with van der Waals surface area (Å²) in [5.74, 6) is 3.06. The average molecular weight is 1490 g/mol. The van der Waals surface area contributed by atoms with Crippen molar-refractivity contribution in [3.05, 3.63) is 450 Å². The van der Waals surface area contributed by atoms with Gasteiger partial charge in [-0.2, -0.15) is 9.97 Å². The van der Waals surface area contributed by atoms with Gasteiger partial charge in [0.05, 0.1) is 11.2 Å². The molecule has 10 heteroatoms. The van der Waals surface area contributed by atoms with E-state index in [4.69, 9.17) is 35.9 Å². The lowest BCUT2D eigenvalue weighted by Gasteiger charge is -2.32. The van der Waals surface area contributed by atoms with E-state index in [9.17, 15) is 0 Å². The van der Waals surface area contributed by atoms with Crippen LogP contribution in [0.2, 0.25) is 5.28 Å². The van der Waals surface area contributed by atoms with Crippen LogP contribution < -0.4 is 5.46 Å². The van der Waals surface area contributed by atoms with Crippen LogP contribution in [-0.4, -0.2) is 48.2 Å². The molecule has 0 atom stereocenters. The van der Waals surface area contributed by atoms with Crippen molar-refractivity contribution in [2.75, 3.05) is 0 Å². The van der Waals surface area contributed by atoms with Gasteiger partial charge in [0.25, 0.3) is 0 Å². The molecule has 1 fully saturated rings. The van der Waals surface area contributed by atoms with E-state index < -0.39 is 0 Å². The summed E-state index contributed by atoms with van der Waals surface area (Å²) in [5.41, 5.74) is 19.0. The lowest BCUT2D eigenvalue weighted by atomic mass is 9.77. The molecule has 0 bridgehead atoms. The maximum absolute atomic E-state index is 6.29. The van der Waals surface area contributed by atoms with Crippen LogP contribution in [0.25, 0.3) is 122 Å². The third-order valence-corrected chi connectivity index (χ3v) is 21.5. The van der Waals surface area contributed by atoms with Gasteiger partial charge in [-0.3, -0.25) is 0 Å². The highest BCUT2D eigenvalue weighted by Gasteiger charge is 2.51. The molecule has 16 aromatic carbocycles. The Kier molecular flexibility index (Phi) is 21.0. The Morgan fingerprint density at radius 3 is 0.684 bits per heavy atom. The fraction of sp³-hybridized carbons (Fsp3) is 0.0577. The van der Waals surface area contributed by atoms with E-state index >= 15 is 0 Å². The molecular formula is C104H78BClN6O2. The van der Waals surface area contributed by atoms with Crippen LogP contribution >= 0.6 is 11.6 Å². The van der Waals surface area contributed by atoms with Gasteiger partial charge in [-0.1, -0.05) is 376 Å². The number of hydrogen-bond acceptors (Lipinski definition) is 8. The molecule has 1 aliphatic heterocycles. The summed E-state index contributed by atoms with van der Waals surface area (Å²) >= 11 is 6.22. The predicted octanol–water partition coefficient (Wildman–Crippen LogP) is 25.3. The lowest BCUT2D eigenvalue weighted by Crippen LogP contribution is -2.41. The molecule has 2 aromatic heterocycles. The molecule has 18 aromatic rings. The Labute approximate surface area is 670 Å². The second kappa shape index (κ2) is 32.7. The first-order chi connectivity index (χ1) is 55.9. The van der Waals surface area contributed by atoms with Crippen LogP contribution in [0.4, 0.5) is 0 Å². The summed E-state index contributed by atoms with van der Waals surface area (Å²) in [6.45, 7) is 8.35. The van der Waals surface area contributed by atoms with Gasteiger partial charge in [-0.25, -0.2) is 19.9 Å². The van der Waals surface area contributed by atoms with Crippen LogP contribution in [-0.2, 0) is 9.31 Å². The number of nitrogens with zero attached hydrogens (tertiary/aromatic N) is 6. The summed E-state index contributed by atoms with van der Waals surface area (Å²) in [4.78, 5) is 28.6. The predicted molar refractivity (Wildman–Crippen MR) is 473 cm³/mol. The number of aromatic nitrogens is 6. The third-order valence-electron chi connectivity index (χ3n) is 21.3. The molecule has 0 aliphatic carbocycles. The van der Waals surface area contributed by atoms with Crippen molar-refractivity contribution in [2.24, 2.45) is 0 Å². The molecule has 0 N–H and O–H groups in total. The van der Waals surface area contributed by atoms with E-state index in [0.29, 0.717) is 29.1 Å². The Hall–Kier alpha value is -13.7. The van der Waals surface area contributed by atoms with Gasteiger partial charge >= 0.3 is 7.12 Å². The molecule has 546 valence electrons. The molecule has 8 nitrogen and oxygen atoms in total. The number of hydrogen-bond donors (Lipinski definition) is 0. The molecule has 114 heavy (non-hydrogen) atoms. The zero-order valence-electron chi connectivity index (χ0n) is 63.6. The molecule has 0 radical (unpaired) electrons. The standard InChI is InChI=1S/C49H33N3.C32H31BO2.C23H14ClN3/c1-4-16-36(17-5-1)45(37-18-6-2-7-19-37)46(38-20-8-3-9-21-38)39-26-28-40(29-27-39)47-50-48(43-30-24-34-14-10-12-22-41(34)32-43)52-49(51-47)44-31-25-35-15-11-13-23-42(35)33-44;1-31(2)32(3,4)35-33(34-31)28-22-20-27(21-23-28)30(26-18-12-7-13-19-26)29(24-14-8-5-9-15-24)25-16-10-6-11-17-25;24-23-26-21(19-11-9-15-5-1-3-7-17(15)13-19)25-22(27-23)20-12-10-16-6-2-4-8-18(16)14-20/h1-33H;5-23H,1-4H3;1-14H. The van der Waals surface area contributed by atoms with Gasteiger partial charge in [-0.15, -0.1) is 0 Å². The summed E-state index contributed by atoms with van der Waals surface area (Å²) in [6, 6.07) is 139. The Bertz CT molecular complexity index is 6240. The molecule has 1 aliphatic rings. The van der Waals surface area contributed by atoms with Crippen LogP contribution in [0, 0.1) is 0 Å². The highest BCUT2D eigenvalue weighted by molar-refractivity contribution is 6.62. The molecular weight excluding hydrogens is 1410 g/mol. The molecule has 0 saturated carbocycles. The summed E-state index contributed by atoms with van der Waals surface area (Å²) in [7, 11) is -0.374. The largest absolute Gasteiger partial charge is 0.494 e. The maximum atomic E-state index is 6.29. The molecule has 0 unspecified atom stereocenters. The van der Waals surface area contributed by atoms with E-state index in [2.05, 4.69) is 407 Å². The normalized spacial score (nSPS) is 12.7. The van der Waals surface area contributed by atoms with Crippen molar-refractivity contribution in [3.8, 4) is 56.9 Å². The Balaban J connectivity index is 0.000000131. The zero-order valence-corrected chi connectivity index (χ0v) is 64.3. The van der Waals surface area contributed by atoms with Crippen LogP contribution in [0.15, 0.2) is 400 Å². The molecule has 0 spiro atoms. The van der Waals surface area contributed by atoms with Gasteiger partial charge in [0.2, 0.25) is 5.28 Å². The van der Waals surface area contributed by atoms with Gasteiger partial charge in [0.15, 0.2) is 29.1 Å². The molecule has 19 rings (SSSR count). The monoisotopic (exact) mass is 1490 g/mol. The van der Waals surface area contributed by atoms with Crippen molar-refractivity contribution < 1.29 is 9.31 Å². The smallest absolute Gasteiger partial charge is 0.399 e. The van der Waals surface area contributed by atoms with E-state index in [1.807, 2.05) is 36.4 Å². The summed E-state index contributed by atoms with van der Waals surface area (Å²) in [5, 5.41) is 9.47. The number of fused-ring (bicyclic) bond motifs is 4. The number of halogens is 1. The van der Waals surface area contributed by atoms with Crippen molar-refractivity contribution in [1.29, 1.82) is 0 Å². The first kappa shape index (κ1) is 73.2. The minimum absolute atomic E-state index is 0.191. The third kappa shape index (κ3) is 16.0. The summed E-state index contributed by atoms with van der Waals surface area (Å²) < 4.78 is 12.6. The fourth-order valence-electron chi connectivity index (χ4n) is 14.7. The Morgan fingerprint density at radius 1 is 0.219 bits per heavy atom. The van der Waals surface area contributed by atoms with Crippen molar-refractivity contribution in [1.82, 2.24) is 29.9 Å². The van der Waals surface area contributed by atoms with E-state index in [0.717, 1.165) is 88.2 Å². The van der Waals surface area contributed by atoms with Gasteiger partial charge < -0.3 is 9.31 Å². The minimum atomic E-state index is -0.374. The van der Waals surface area contributed by atoms with Crippen LogP contribution in [0.5, 0.6) is 0 Å². The Morgan fingerprint density at radius 2 is 0.421 bits per heavy atom. The van der Waals surface area contributed by atoms with Crippen LogP contribution in [0.3, 0.4) is 0 Å². The SMILES string of the molecule is CC1(C)OB(c2ccc(C(=C(c3ccccc3)c3ccccc3)c3ccccc3)cc2)OC1(C)C.Clc1nc(-c2ccc3ccccc3c2)nc(-c2ccc3ccccc3c2)n1.c1ccc(C(=C(c2ccccc2)c2ccc(-c3nc(-c4ccc5ccccc5c4)nc(-c4ccc5ccccc5c4)n3)cc2)c2ccccc2)cc1. The van der Waals surface area contributed by atoms with Crippen molar-refractivity contribution in [2.45, 2.75) is 38.9 Å². The quantitative estimate of drug-likeness (QED) is 0.0785. The molecule has 3 heterocycles. The average Bonchev–Trinajstić information content (AvgIpc) is 1.60. The molecule has 1 saturated heterocycles. The zero-order chi connectivity index (χ0) is 77.4. The van der Waals surface area contributed by atoms with E-state index in [1.54, 1.807) is 0 Å². The number of rotatable bonds is 14. The van der Waals surface area contributed by atoms with Crippen molar-refractivity contribution in [3.63, 3.8) is 0 Å². The fourth-order valence-corrected chi connectivity index (χ4v) is 14.9. The highest BCUT2D eigenvalue weighted by Crippen LogP contribution is 2.42. The minimum Gasteiger partial charge on any atom is -0.399 e. The maximum Gasteiger partial charge on any atom is 0.494 e. The van der Waals surface area contributed by atoms with Gasteiger partial charge in [0.1, 0.15) is 0 Å². The first-order valence-electron chi connectivity index (χ1n) is 38.4. The number of benzene rings is 16. The molecule has 0 amide bonds. The summed E-state index contributed by atoms with van der Waals surface area (Å²) in [6.07, 6.45) is 0. The van der Waals surface area contributed by atoms with E-state index in [1.165, 1.54) is 55.0 Å². The lowest BCUT2D eigenvalue weighted by molar-refractivity contribution is 0.00578. The first-order valence-corrected chi connectivity index (χ1v) is 38.8. The second-order valence-electron chi connectivity index (χ2n) is 29.3. The van der Waals surface area contributed by atoms with Gasteiger partial charge in [-0.05, 0) is 179 Å².